The fourth-order valence-electron chi connectivity index (χ4n) is 2.07. The topological polar surface area (TPSA) is 81.0 Å². The molecule has 0 atom stereocenters. The van der Waals surface area contributed by atoms with Crippen molar-refractivity contribution >= 4 is 27.5 Å². The maximum atomic E-state index is 11.0. The van der Waals surface area contributed by atoms with Crippen LogP contribution in [0.2, 0.25) is 0 Å². The highest BCUT2D eigenvalue weighted by Gasteiger charge is 2.17. The van der Waals surface area contributed by atoms with Gasteiger partial charge in [-0.1, -0.05) is 0 Å². The van der Waals surface area contributed by atoms with Gasteiger partial charge < -0.3 is 9.72 Å². The van der Waals surface area contributed by atoms with Gasteiger partial charge in [-0.05, 0) is 6.07 Å². The number of hydrogen-bond acceptors (Lipinski definition) is 4. The molecular formula is C12H9N3O3. The van der Waals surface area contributed by atoms with E-state index in [1.807, 2.05) is 6.07 Å². The van der Waals surface area contributed by atoms with E-state index < -0.39 is 4.92 Å². The number of ether oxygens (including phenoxy) is 1. The number of aromatic nitrogens is 2. The largest absolute Gasteiger partial charge is 0.490 e. The zero-order valence-electron chi connectivity index (χ0n) is 9.51. The zero-order valence-corrected chi connectivity index (χ0v) is 9.51. The number of nitrogens with zero attached hydrogens (tertiary/aromatic N) is 2. The molecule has 0 aliphatic rings. The molecule has 0 amide bonds. The van der Waals surface area contributed by atoms with Crippen LogP contribution in [0.5, 0.6) is 5.75 Å². The maximum absolute atomic E-state index is 11.0. The predicted octanol–water partition coefficient (Wildman–Crippen LogP) is 2.63. The zero-order chi connectivity index (χ0) is 12.7. The SMILES string of the molecule is COc1cc2[nH]c3cnccc3c2cc1[N+](=O)[O-]. The Kier molecular flexibility index (Phi) is 2.16. The number of benzene rings is 1. The predicted molar refractivity (Wildman–Crippen MR) is 66.8 cm³/mol. The summed E-state index contributed by atoms with van der Waals surface area (Å²) in [7, 11) is 1.42. The van der Waals surface area contributed by atoms with E-state index in [0.717, 1.165) is 21.8 Å². The van der Waals surface area contributed by atoms with E-state index in [0.29, 0.717) is 0 Å². The molecule has 6 nitrogen and oxygen atoms in total. The van der Waals surface area contributed by atoms with Crippen molar-refractivity contribution < 1.29 is 9.66 Å². The summed E-state index contributed by atoms with van der Waals surface area (Å²) in [4.78, 5) is 17.7. The molecule has 3 rings (SSSR count). The third-order valence-corrected chi connectivity index (χ3v) is 2.90. The van der Waals surface area contributed by atoms with Crippen molar-refractivity contribution in [1.29, 1.82) is 0 Å². The lowest BCUT2D eigenvalue weighted by Gasteiger charge is -2.01. The van der Waals surface area contributed by atoms with Gasteiger partial charge in [0.15, 0.2) is 5.75 Å². The van der Waals surface area contributed by atoms with E-state index in [1.165, 1.54) is 13.2 Å². The van der Waals surface area contributed by atoms with Crippen molar-refractivity contribution in [3.8, 4) is 5.75 Å². The molecule has 0 saturated carbocycles. The third-order valence-electron chi connectivity index (χ3n) is 2.90. The molecule has 0 unspecified atom stereocenters. The number of pyridine rings is 1. The van der Waals surface area contributed by atoms with Crippen LogP contribution in [0.25, 0.3) is 21.8 Å². The fraction of sp³-hybridized carbons (Fsp3) is 0.0833. The van der Waals surface area contributed by atoms with E-state index >= 15 is 0 Å². The lowest BCUT2D eigenvalue weighted by Crippen LogP contribution is -1.93. The van der Waals surface area contributed by atoms with Gasteiger partial charge in [0.05, 0.1) is 29.3 Å². The lowest BCUT2D eigenvalue weighted by molar-refractivity contribution is -0.385. The second-order valence-corrected chi connectivity index (χ2v) is 3.87. The molecule has 0 radical (unpaired) electrons. The standard InChI is InChI=1S/C12H9N3O3/c1-18-12-5-9-8(4-11(12)15(16)17)7-2-3-13-6-10(7)14-9/h2-6,14H,1H3. The minimum absolute atomic E-state index is 0.0392. The molecule has 3 aromatic rings. The number of aromatic amines is 1. The Balaban J connectivity index is 2.44. The summed E-state index contributed by atoms with van der Waals surface area (Å²) in [6.45, 7) is 0. The van der Waals surface area contributed by atoms with Gasteiger partial charge in [-0.15, -0.1) is 0 Å². The summed E-state index contributed by atoms with van der Waals surface area (Å²) >= 11 is 0. The number of fused-ring (bicyclic) bond motifs is 3. The molecule has 0 aliphatic carbocycles. The number of rotatable bonds is 2. The van der Waals surface area contributed by atoms with Crippen molar-refractivity contribution in [3.05, 3.63) is 40.7 Å². The molecule has 0 saturated heterocycles. The van der Waals surface area contributed by atoms with Crippen LogP contribution >= 0.6 is 0 Å². The Hall–Kier alpha value is -2.63. The van der Waals surface area contributed by atoms with E-state index in [2.05, 4.69) is 9.97 Å². The summed E-state index contributed by atoms with van der Waals surface area (Å²) in [5, 5.41) is 12.7. The van der Waals surface area contributed by atoms with Gasteiger partial charge >= 0.3 is 5.69 Å². The highest BCUT2D eigenvalue weighted by molar-refractivity contribution is 6.08. The van der Waals surface area contributed by atoms with E-state index in [4.69, 9.17) is 4.74 Å². The second-order valence-electron chi connectivity index (χ2n) is 3.87. The first-order chi connectivity index (χ1) is 8.70. The van der Waals surface area contributed by atoms with Crippen LogP contribution < -0.4 is 4.74 Å². The molecule has 2 heterocycles. The summed E-state index contributed by atoms with van der Waals surface area (Å²) in [6, 6.07) is 4.98. The Morgan fingerprint density at radius 2 is 2.17 bits per heavy atom. The molecule has 90 valence electrons. The van der Waals surface area contributed by atoms with Gasteiger partial charge in [-0.2, -0.15) is 0 Å². The Labute approximate surface area is 101 Å². The van der Waals surface area contributed by atoms with Gasteiger partial charge in [-0.25, -0.2) is 0 Å². The van der Waals surface area contributed by atoms with Crippen molar-refractivity contribution in [2.45, 2.75) is 0 Å². The van der Waals surface area contributed by atoms with Gasteiger partial charge in [0.2, 0.25) is 0 Å². The molecule has 18 heavy (non-hydrogen) atoms. The third kappa shape index (κ3) is 1.39. The van der Waals surface area contributed by atoms with Gasteiger partial charge in [0.1, 0.15) is 0 Å². The molecule has 2 aromatic heterocycles. The normalized spacial score (nSPS) is 10.9. The van der Waals surface area contributed by atoms with Crippen LogP contribution in [-0.2, 0) is 0 Å². The van der Waals surface area contributed by atoms with Crippen LogP contribution in [0.15, 0.2) is 30.6 Å². The molecule has 0 bridgehead atoms. The molecule has 0 aliphatic heterocycles. The monoisotopic (exact) mass is 243 g/mol. The van der Waals surface area contributed by atoms with E-state index in [9.17, 15) is 10.1 Å². The number of hydrogen-bond donors (Lipinski definition) is 1. The Morgan fingerprint density at radius 1 is 1.33 bits per heavy atom. The average molecular weight is 243 g/mol. The molecule has 0 fully saturated rings. The molecule has 1 N–H and O–H groups in total. The minimum atomic E-state index is -0.446. The van der Waals surface area contributed by atoms with Crippen LogP contribution in [0, 0.1) is 10.1 Å². The molecule has 1 aromatic carbocycles. The minimum Gasteiger partial charge on any atom is -0.490 e. The Bertz CT molecular complexity index is 764. The highest BCUT2D eigenvalue weighted by Crippen LogP contribution is 2.35. The van der Waals surface area contributed by atoms with Gasteiger partial charge in [0.25, 0.3) is 0 Å². The summed E-state index contributed by atoms with van der Waals surface area (Å²) < 4.78 is 5.03. The summed E-state index contributed by atoms with van der Waals surface area (Å²) in [5.41, 5.74) is 1.60. The van der Waals surface area contributed by atoms with Crippen molar-refractivity contribution in [1.82, 2.24) is 9.97 Å². The van der Waals surface area contributed by atoms with Crippen LogP contribution in [0.1, 0.15) is 0 Å². The molecular weight excluding hydrogens is 234 g/mol. The number of nitro benzene ring substituents is 1. The smallest absolute Gasteiger partial charge is 0.311 e. The van der Waals surface area contributed by atoms with Crippen molar-refractivity contribution in [2.75, 3.05) is 7.11 Å². The van der Waals surface area contributed by atoms with Crippen LogP contribution in [0.3, 0.4) is 0 Å². The Morgan fingerprint density at radius 3 is 2.89 bits per heavy atom. The number of methoxy groups -OCH3 is 1. The number of nitrogens with one attached hydrogen (secondary N) is 1. The van der Waals surface area contributed by atoms with Crippen molar-refractivity contribution in [3.63, 3.8) is 0 Å². The number of nitro groups is 1. The van der Waals surface area contributed by atoms with Gasteiger partial charge in [-0.3, -0.25) is 15.1 Å². The van der Waals surface area contributed by atoms with E-state index in [-0.39, 0.29) is 11.4 Å². The maximum Gasteiger partial charge on any atom is 0.311 e. The summed E-state index contributed by atoms with van der Waals surface area (Å²) in [6.07, 6.45) is 3.35. The summed E-state index contributed by atoms with van der Waals surface area (Å²) in [5.74, 6) is 0.243. The van der Waals surface area contributed by atoms with Crippen LogP contribution in [-0.4, -0.2) is 22.0 Å². The fourth-order valence-corrected chi connectivity index (χ4v) is 2.07. The first-order valence-corrected chi connectivity index (χ1v) is 5.28. The first kappa shape index (κ1) is 10.5. The number of H-pyrrole nitrogens is 1. The van der Waals surface area contributed by atoms with Crippen LogP contribution in [0.4, 0.5) is 5.69 Å². The average Bonchev–Trinajstić information content (AvgIpc) is 2.74. The van der Waals surface area contributed by atoms with Crippen molar-refractivity contribution in [2.24, 2.45) is 0 Å². The molecule has 0 spiro atoms. The molecule has 6 heteroatoms. The van der Waals surface area contributed by atoms with Gasteiger partial charge in [0, 0.05) is 29.1 Å². The first-order valence-electron chi connectivity index (χ1n) is 5.28. The van der Waals surface area contributed by atoms with E-state index in [1.54, 1.807) is 18.5 Å². The second kappa shape index (κ2) is 3.69. The quantitative estimate of drug-likeness (QED) is 0.554. The lowest BCUT2D eigenvalue weighted by atomic mass is 10.1. The highest BCUT2D eigenvalue weighted by atomic mass is 16.6.